The summed E-state index contributed by atoms with van der Waals surface area (Å²) in [5, 5.41) is 3.38. The molecule has 0 aliphatic carbocycles. The third-order valence-corrected chi connectivity index (χ3v) is 3.02. The van der Waals surface area contributed by atoms with Gasteiger partial charge >= 0.3 is 0 Å². The average molecular weight is 255 g/mol. The Bertz CT molecular complexity index is 393. The Kier molecular flexibility index (Phi) is 5.29. The van der Waals surface area contributed by atoms with Crippen LogP contribution in [0.15, 0.2) is 18.2 Å². The fourth-order valence-corrected chi connectivity index (χ4v) is 1.98. The van der Waals surface area contributed by atoms with Gasteiger partial charge in [-0.3, -0.25) is 4.79 Å². The molecular weight excluding hydrogens is 236 g/mol. The van der Waals surface area contributed by atoms with Crippen LogP contribution in [0.25, 0.3) is 0 Å². The molecule has 1 rings (SSSR count). The third-order valence-electron chi connectivity index (χ3n) is 2.70. The van der Waals surface area contributed by atoms with E-state index < -0.39 is 0 Å². The summed E-state index contributed by atoms with van der Waals surface area (Å²) in [5.41, 5.74) is 6.63. The molecule has 94 valence electrons. The second kappa shape index (κ2) is 6.50. The summed E-state index contributed by atoms with van der Waals surface area (Å²) >= 11 is 5.99. The topological polar surface area (TPSA) is 55.1 Å². The molecule has 0 bridgehead atoms. The molecule has 0 aromatic heterocycles. The molecule has 1 aromatic rings. The zero-order valence-corrected chi connectivity index (χ0v) is 11.1. The number of hydrogen-bond donors (Lipinski definition) is 2. The summed E-state index contributed by atoms with van der Waals surface area (Å²) in [6.07, 6.45) is 2.95. The van der Waals surface area contributed by atoms with Gasteiger partial charge < -0.3 is 11.1 Å². The smallest absolute Gasteiger partial charge is 0.253 e. The first-order valence-corrected chi connectivity index (χ1v) is 6.32. The van der Waals surface area contributed by atoms with E-state index in [1.165, 1.54) is 0 Å². The Hall–Kier alpha value is -1.22. The van der Waals surface area contributed by atoms with Crippen LogP contribution in [-0.4, -0.2) is 11.9 Å². The van der Waals surface area contributed by atoms with E-state index in [1.807, 2.05) is 0 Å². The number of benzene rings is 1. The highest BCUT2D eigenvalue weighted by molar-refractivity contribution is 6.34. The summed E-state index contributed by atoms with van der Waals surface area (Å²) < 4.78 is 0. The molecule has 0 fully saturated rings. The highest BCUT2D eigenvalue weighted by atomic mass is 35.5. The Labute approximate surface area is 107 Å². The molecule has 1 unspecified atom stereocenters. The fourth-order valence-electron chi connectivity index (χ4n) is 1.71. The monoisotopic (exact) mass is 254 g/mol. The summed E-state index contributed by atoms with van der Waals surface area (Å²) in [7, 11) is 0. The van der Waals surface area contributed by atoms with Crippen molar-refractivity contribution in [2.75, 3.05) is 5.73 Å². The molecule has 3 N–H and O–H groups in total. The van der Waals surface area contributed by atoms with Gasteiger partial charge in [0.05, 0.1) is 10.6 Å². The van der Waals surface area contributed by atoms with Crippen LogP contribution in [0, 0.1) is 0 Å². The zero-order chi connectivity index (χ0) is 12.8. The van der Waals surface area contributed by atoms with E-state index in [4.69, 9.17) is 17.3 Å². The number of nitrogens with one attached hydrogen (secondary N) is 1. The Morgan fingerprint density at radius 2 is 2.18 bits per heavy atom. The Morgan fingerprint density at radius 1 is 1.47 bits per heavy atom. The molecule has 4 heteroatoms. The van der Waals surface area contributed by atoms with Crippen LogP contribution in [0.1, 0.15) is 43.5 Å². The number of rotatable bonds is 5. The number of hydrogen-bond acceptors (Lipinski definition) is 2. The molecule has 0 saturated carbocycles. The predicted octanol–water partition coefficient (Wildman–Crippen LogP) is 3.23. The van der Waals surface area contributed by atoms with Gasteiger partial charge in [0.25, 0.3) is 5.91 Å². The van der Waals surface area contributed by atoms with E-state index in [9.17, 15) is 4.79 Å². The van der Waals surface area contributed by atoms with Crippen LogP contribution in [0.3, 0.4) is 0 Å². The number of carbonyl (C=O) groups excluding carboxylic acids is 1. The number of amides is 1. The average Bonchev–Trinajstić information content (AvgIpc) is 2.28. The van der Waals surface area contributed by atoms with Crippen LogP contribution in [-0.2, 0) is 0 Å². The molecule has 3 nitrogen and oxygen atoms in total. The van der Waals surface area contributed by atoms with E-state index in [2.05, 4.69) is 19.2 Å². The van der Waals surface area contributed by atoms with Crippen molar-refractivity contribution in [3.8, 4) is 0 Å². The second-order valence-electron chi connectivity index (χ2n) is 4.11. The lowest BCUT2D eigenvalue weighted by molar-refractivity contribution is 0.0934. The number of carbonyl (C=O) groups is 1. The molecule has 1 atom stereocenters. The highest BCUT2D eigenvalue weighted by Crippen LogP contribution is 2.19. The lowest BCUT2D eigenvalue weighted by Crippen LogP contribution is -2.34. The van der Waals surface area contributed by atoms with Crippen molar-refractivity contribution in [1.82, 2.24) is 5.32 Å². The maximum Gasteiger partial charge on any atom is 0.253 e. The van der Waals surface area contributed by atoms with E-state index >= 15 is 0 Å². The molecule has 0 spiro atoms. The van der Waals surface area contributed by atoms with E-state index in [1.54, 1.807) is 18.2 Å². The normalized spacial score (nSPS) is 12.2. The summed E-state index contributed by atoms with van der Waals surface area (Å²) in [6.45, 7) is 4.16. The van der Waals surface area contributed by atoms with Crippen LogP contribution >= 0.6 is 11.6 Å². The van der Waals surface area contributed by atoms with Crippen LogP contribution in [0.2, 0.25) is 5.02 Å². The Morgan fingerprint density at radius 3 is 2.71 bits per heavy atom. The van der Waals surface area contributed by atoms with Crippen molar-refractivity contribution >= 4 is 23.2 Å². The quantitative estimate of drug-likeness (QED) is 0.793. The minimum absolute atomic E-state index is 0.129. The van der Waals surface area contributed by atoms with Gasteiger partial charge in [0, 0.05) is 11.7 Å². The summed E-state index contributed by atoms with van der Waals surface area (Å²) in [6, 6.07) is 5.14. The van der Waals surface area contributed by atoms with Crippen LogP contribution < -0.4 is 11.1 Å². The van der Waals surface area contributed by atoms with Gasteiger partial charge in [-0.1, -0.05) is 31.9 Å². The highest BCUT2D eigenvalue weighted by Gasteiger charge is 2.14. The maximum atomic E-state index is 12.0. The Balaban J connectivity index is 2.75. The van der Waals surface area contributed by atoms with Gasteiger partial charge in [0.1, 0.15) is 0 Å². The minimum Gasteiger partial charge on any atom is -0.399 e. The van der Waals surface area contributed by atoms with Crippen molar-refractivity contribution in [3.63, 3.8) is 0 Å². The lowest BCUT2D eigenvalue weighted by atomic mass is 10.1. The molecule has 0 aliphatic heterocycles. The summed E-state index contributed by atoms with van der Waals surface area (Å²) in [4.78, 5) is 12.0. The largest absolute Gasteiger partial charge is 0.399 e. The fraction of sp³-hybridized carbons (Fsp3) is 0.462. The molecular formula is C13H19ClN2O. The van der Waals surface area contributed by atoms with Crippen LogP contribution in [0.4, 0.5) is 5.69 Å². The third kappa shape index (κ3) is 3.93. The van der Waals surface area contributed by atoms with E-state index in [0.717, 1.165) is 19.3 Å². The first kappa shape index (κ1) is 13.8. The molecule has 1 amide bonds. The first-order valence-electron chi connectivity index (χ1n) is 5.94. The van der Waals surface area contributed by atoms with E-state index in [0.29, 0.717) is 16.3 Å². The van der Waals surface area contributed by atoms with Gasteiger partial charge in [0.2, 0.25) is 0 Å². The van der Waals surface area contributed by atoms with Gasteiger partial charge in [0.15, 0.2) is 0 Å². The standard InChI is InChI=1S/C13H19ClN2O/c1-3-5-10(4-2)16-13(17)11-7-6-9(15)8-12(11)14/h6-8,10H,3-5,15H2,1-2H3,(H,16,17). The molecule has 0 heterocycles. The minimum atomic E-state index is -0.129. The number of nitrogen functional groups attached to an aromatic ring is 1. The zero-order valence-electron chi connectivity index (χ0n) is 10.3. The van der Waals surface area contributed by atoms with Crippen molar-refractivity contribution in [3.05, 3.63) is 28.8 Å². The molecule has 0 radical (unpaired) electrons. The molecule has 17 heavy (non-hydrogen) atoms. The van der Waals surface area contributed by atoms with Crippen molar-refractivity contribution in [1.29, 1.82) is 0 Å². The molecule has 0 aliphatic rings. The molecule has 0 saturated heterocycles. The second-order valence-corrected chi connectivity index (χ2v) is 4.51. The first-order chi connectivity index (χ1) is 8.08. The predicted molar refractivity (Wildman–Crippen MR) is 72.3 cm³/mol. The summed E-state index contributed by atoms with van der Waals surface area (Å²) in [5.74, 6) is -0.129. The lowest BCUT2D eigenvalue weighted by Gasteiger charge is -2.16. The number of halogens is 1. The number of nitrogens with two attached hydrogens (primary N) is 1. The van der Waals surface area contributed by atoms with Crippen LogP contribution in [0.5, 0.6) is 0 Å². The SMILES string of the molecule is CCCC(CC)NC(=O)c1ccc(N)cc1Cl. The maximum absolute atomic E-state index is 12.0. The van der Waals surface area contributed by atoms with Gasteiger partial charge in [-0.15, -0.1) is 0 Å². The molecule has 1 aromatic carbocycles. The van der Waals surface area contributed by atoms with Gasteiger partial charge in [-0.25, -0.2) is 0 Å². The van der Waals surface area contributed by atoms with E-state index in [-0.39, 0.29) is 11.9 Å². The number of anilines is 1. The van der Waals surface area contributed by atoms with Crippen molar-refractivity contribution < 1.29 is 4.79 Å². The van der Waals surface area contributed by atoms with Crippen molar-refractivity contribution in [2.45, 2.75) is 39.2 Å². The van der Waals surface area contributed by atoms with Crippen molar-refractivity contribution in [2.24, 2.45) is 0 Å². The van der Waals surface area contributed by atoms with Gasteiger partial charge in [-0.05, 0) is 31.0 Å². The van der Waals surface area contributed by atoms with Gasteiger partial charge in [-0.2, -0.15) is 0 Å².